The highest BCUT2D eigenvalue weighted by Gasteiger charge is 2.31. The van der Waals surface area contributed by atoms with E-state index in [1.807, 2.05) is 19.3 Å². The average Bonchev–Trinajstić information content (AvgIpc) is 2.43. The molecule has 1 aliphatic heterocycles. The van der Waals surface area contributed by atoms with Gasteiger partial charge in [0.1, 0.15) is 5.69 Å². The van der Waals surface area contributed by atoms with E-state index in [0.29, 0.717) is 18.8 Å². The molecule has 2 rings (SSSR count). The van der Waals surface area contributed by atoms with E-state index in [1.54, 1.807) is 9.47 Å². The number of likely N-dealkylation sites (tertiary alicyclic amines) is 1. The first-order valence-corrected chi connectivity index (χ1v) is 5.63. The van der Waals surface area contributed by atoms with Crippen LogP contribution in [0.4, 0.5) is 0 Å². The van der Waals surface area contributed by atoms with Crippen molar-refractivity contribution in [2.75, 3.05) is 19.7 Å². The summed E-state index contributed by atoms with van der Waals surface area (Å²) in [5, 5.41) is 8.86. The van der Waals surface area contributed by atoms with Crippen molar-refractivity contribution >= 4 is 21.8 Å². The molecule has 0 bridgehead atoms. The first-order valence-electron chi connectivity index (χ1n) is 4.84. The van der Waals surface area contributed by atoms with E-state index in [0.717, 1.165) is 4.47 Å². The Labute approximate surface area is 96.6 Å². The van der Waals surface area contributed by atoms with E-state index in [2.05, 4.69) is 15.9 Å². The molecule has 4 nitrogen and oxygen atoms in total. The predicted molar refractivity (Wildman–Crippen MR) is 59.6 cm³/mol. The standard InChI is InChI=1S/C10H13BrN2O2/c1-12-5-8(11)2-9(12)10(15)13-3-7(4-13)6-14/h2,5,7,14H,3-4,6H2,1H3. The Kier molecular flexibility index (Phi) is 2.84. The van der Waals surface area contributed by atoms with Gasteiger partial charge in [-0.25, -0.2) is 0 Å². The fraction of sp³-hybridized carbons (Fsp3) is 0.500. The van der Waals surface area contributed by atoms with E-state index in [4.69, 9.17) is 5.11 Å². The molecule has 1 aromatic rings. The molecule has 0 aliphatic carbocycles. The monoisotopic (exact) mass is 272 g/mol. The molecule has 0 saturated carbocycles. The van der Waals surface area contributed by atoms with E-state index in [9.17, 15) is 4.79 Å². The molecule has 5 heteroatoms. The van der Waals surface area contributed by atoms with Gasteiger partial charge in [0.25, 0.3) is 5.91 Å². The van der Waals surface area contributed by atoms with Crippen LogP contribution in [0.5, 0.6) is 0 Å². The molecule has 0 radical (unpaired) electrons. The molecule has 0 unspecified atom stereocenters. The molecular weight excluding hydrogens is 260 g/mol. The third-order valence-corrected chi connectivity index (χ3v) is 3.13. The van der Waals surface area contributed by atoms with Gasteiger partial charge in [-0.05, 0) is 22.0 Å². The lowest BCUT2D eigenvalue weighted by Gasteiger charge is -2.38. The first-order chi connectivity index (χ1) is 7.11. The molecule has 2 heterocycles. The summed E-state index contributed by atoms with van der Waals surface area (Å²) >= 11 is 3.33. The highest BCUT2D eigenvalue weighted by atomic mass is 79.9. The Morgan fingerprint density at radius 2 is 2.33 bits per heavy atom. The molecule has 82 valence electrons. The number of hydrogen-bond donors (Lipinski definition) is 1. The second-order valence-corrected chi connectivity index (χ2v) is 4.83. The topological polar surface area (TPSA) is 45.5 Å². The lowest BCUT2D eigenvalue weighted by Crippen LogP contribution is -2.51. The average molecular weight is 273 g/mol. The van der Waals surface area contributed by atoms with E-state index < -0.39 is 0 Å². The van der Waals surface area contributed by atoms with Gasteiger partial charge in [-0.15, -0.1) is 0 Å². The zero-order valence-electron chi connectivity index (χ0n) is 8.48. The van der Waals surface area contributed by atoms with Gasteiger partial charge in [0.2, 0.25) is 0 Å². The number of aliphatic hydroxyl groups is 1. The maximum Gasteiger partial charge on any atom is 0.270 e. The lowest BCUT2D eigenvalue weighted by atomic mass is 10.0. The van der Waals surface area contributed by atoms with Crippen LogP contribution in [0.2, 0.25) is 0 Å². The van der Waals surface area contributed by atoms with Crippen LogP contribution in [-0.4, -0.2) is 40.2 Å². The molecule has 15 heavy (non-hydrogen) atoms. The quantitative estimate of drug-likeness (QED) is 0.868. The Morgan fingerprint density at radius 3 is 2.80 bits per heavy atom. The van der Waals surface area contributed by atoms with Crippen LogP contribution in [0.3, 0.4) is 0 Å². The fourth-order valence-corrected chi connectivity index (χ4v) is 2.27. The van der Waals surface area contributed by atoms with E-state index >= 15 is 0 Å². The molecule has 1 fully saturated rings. The first kappa shape index (κ1) is 10.7. The summed E-state index contributed by atoms with van der Waals surface area (Å²) in [4.78, 5) is 13.7. The van der Waals surface area contributed by atoms with Crippen LogP contribution in [0.25, 0.3) is 0 Å². The van der Waals surface area contributed by atoms with Gasteiger partial charge in [0.05, 0.1) is 0 Å². The Bertz CT molecular complexity index is 383. The summed E-state index contributed by atoms with van der Waals surface area (Å²) < 4.78 is 2.71. The normalized spacial score (nSPS) is 16.6. The summed E-state index contributed by atoms with van der Waals surface area (Å²) in [6, 6.07) is 1.81. The third kappa shape index (κ3) is 1.94. The van der Waals surface area contributed by atoms with Crippen molar-refractivity contribution in [2.24, 2.45) is 13.0 Å². The Hall–Kier alpha value is -0.810. The number of carbonyl (C=O) groups excluding carboxylic acids is 1. The van der Waals surface area contributed by atoms with Crippen LogP contribution in [-0.2, 0) is 7.05 Å². The minimum Gasteiger partial charge on any atom is -0.396 e. The zero-order valence-corrected chi connectivity index (χ0v) is 10.1. The number of halogens is 1. The molecule has 0 aromatic carbocycles. The minimum absolute atomic E-state index is 0.0351. The number of rotatable bonds is 2. The van der Waals surface area contributed by atoms with Crippen molar-refractivity contribution in [1.82, 2.24) is 9.47 Å². The summed E-state index contributed by atoms with van der Waals surface area (Å²) in [7, 11) is 1.85. The largest absolute Gasteiger partial charge is 0.396 e. The maximum atomic E-state index is 11.9. The van der Waals surface area contributed by atoms with Crippen LogP contribution in [0.1, 0.15) is 10.5 Å². The number of nitrogens with zero attached hydrogens (tertiary/aromatic N) is 2. The van der Waals surface area contributed by atoms with Crippen molar-refractivity contribution in [3.63, 3.8) is 0 Å². The molecule has 0 spiro atoms. The van der Waals surface area contributed by atoms with Crippen molar-refractivity contribution in [3.8, 4) is 0 Å². The smallest absolute Gasteiger partial charge is 0.270 e. The predicted octanol–water partition coefficient (Wildman–Crippen LogP) is 0.852. The molecule has 1 N–H and O–H groups in total. The van der Waals surface area contributed by atoms with Crippen LogP contribution >= 0.6 is 15.9 Å². The minimum atomic E-state index is 0.0351. The fourth-order valence-electron chi connectivity index (χ4n) is 1.75. The highest BCUT2D eigenvalue weighted by Crippen LogP contribution is 2.20. The van der Waals surface area contributed by atoms with Gasteiger partial charge < -0.3 is 14.6 Å². The number of hydrogen-bond acceptors (Lipinski definition) is 2. The molecule has 1 amide bonds. The van der Waals surface area contributed by atoms with Crippen molar-refractivity contribution in [3.05, 3.63) is 22.4 Å². The van der Waals surface area contributed by atoms with Crippen LogP contribution in [0, 0.1) is 5.92 Å². The van der Waals surface area contributed by atoms with Gasteiger partial charge in [0.15, 0.2) is 0 Å². The van der Waals surface area contributed by atoms with E-state index in [-0.39, 0.29) is 18.4 Å². The highest BCUT2D eigenvalue weighted by molar-refractivity contribution is 9.10. The van der Waals surface area contributed by atoms with Crippen molar-refractivity contribution in [2.45, 2.75) is 0 Å². The van der Waals surface area contributed by atoms with Gasteiger partial charge >= 0.3 is 0 Å². The van der Waals surface area contributed by atoms with Crippen LogP contribution in [0.15, 0.2) is 16.7 Å². The Balaban J connectivity index is 2.06. The maximum absolute atomic E-state index is 11.9. The number of aromatic nitrogens is 1. The lowest BCUT2D eigenvalue weighted by molar-refractivity contribution is 0.0353. The number of aryl methyl sites for hydroxylation is 1. The number of amides is 1. The van der Waals surface area contributed by atoms with Crippen LogP contribution < -0.4 is 0 Å². The Morgan fingerprint density at radius 1 is 1.67 bits per heavy atom. The van der Waals surface area contributed by atoms with Crippen molar-refractivity contribution < 1.29 is 9.90 Å². The summed E-state index contributed by atoms with van der Waals surface area (Å²) in [6.07, 6.45) is 1.86. The molecule has 1 aromatic heterocycles. The summed E-state index contributed by atoms with van der Waals surface area (Å²) in [5.41, 5.74) is 0.679. The molecule has 1 saturated heterocycles. The molecule has 1 aliphatic rings. The van der Waals surface area contributed by atoms with Gasteiger partial charge in [0, 0.05) is 43.3 Å². The van der Waals surface area contributed by atoms with Gasteiger partial charge in [-0.1, -0.05) is 0 Å². The zero-order chi connectivity index (χ0) is 11.0. The summed E-state index contributed by atoms with van der Waals surface area (Å²) in [5.74, 6) is 0.297. The van der Waals surface area contributed by atoms with Crippen molar-refractivity contribution in [1.29, 1.82) is 0 Å². The van der Waals surface area contributed by atoms with E-state index in [1.165, 1.54) is 0 Å². The number of carbonyl (C=O) groups is 1. The number of aliphatic hydroxyl groups excluding tert-OH is 1. The van der Waals surface area contributed by atoms with Gasteiger partial charge in [-0.2, -0.15) is 0 Å². The third-order valence-electron chi connectivity index (χ3n) is 2.69. The molecule has 0 atom stereocenters. The SMILES string of the molecule is Cn1cc(Br)cc1C(=O)N1CC(CO)C1. The second kappa shape index (κ2) is 3.98. The molecular formula is C10H13BrN2O2. The van der Waals surface area contributed by atoms with Gasteiger partial charge in [-0.3, -0.25) is 4.79 Å². The summed E-state index contributed by atoms with van der Waals surface area (Å²) in [6.45, 7) is 1.50. The second-order valence-electron chi connectivity index (χ2n) is 3.91.